The molecular formula is C19H24N2O4S2. The summed E-state index contributed by atoms with van der Waals surface area (Å²) in [4.78, 5) is 15.9. The highest BCUT2D eigenvalue weighted by Gasteiger charge is 2.23. The molecule has 1 aliphatic heterocycles. The van der Waals surface area contributed by atoms with Gasteiger partial charge in [0.25, 0.3) is 0 Å². The molecule has 8 heteroatoms. The molecule has 1 atom stereocenters. The molecule has 6 nitrogen and oxygen atoms in total. The van der Waals surface area contributed by atoms with Crippen LogP contribution in [-0.4, -0.2) is 44.4 Å². The fourth-order valence-electron chi connectivity index (χ4n) is 2.98. The Morgan fingerprint density at radius 1 is 1.33 bits per heavy atom. The van der Waals surface area contributed by atoms with E-state index in [2.05, 4.69) is 5.32 Å². The van der Waals surface area contributed by atoms with Gasteiger partial charge in [-0.05, 0) is 42.5 Å². The molecule has 0 radical (unpaired) electrons. The lowest BCUT2D eigenvalue weighted by Gasteiger charge is -2.25. The second-order valence-electron chi connectivity index (χ2n) is 6.46. The Bertz CT molecular complexity index is 860. The first-order valence-corrected chi connectivity index (χ1v) is 11.5. The van der Waals surface area contributed by atoms with E-state index in [0.717, 1.165) is 24.3 Å². The number of sulfone groups is 1. The topological polar surface area (TPSA) is 75.7 Å². The summed E-state index contributed by atoms with van der Waals surface area (Å²) in [5.41, 5.74) is 0.470. The maximum absolute atomic E-state index is 12.9. The molecule has 1 saturated heterocycles. The number of hydrogen-bond acceptors (Lipinski definition) is 5. The van der Waals surface area contributed by atoms with Crippen LogP contribution in [0.3, 0.4) is 0 Å². The van der Waals surface area contributed by atoms with Gasteiger partial charge in [0.2, 0.25) is 0 Å². The van der Waals surface area contributed by atoms with E-state index in [1.54, 1.807) is 41.4 Å². The van der Waals surface area contributed by atoms with Crippen LogP contribution in [0.15, 0.2) is 46.7 Å². The number of nitrogens with one attached hydrogen (secondary N) is 1. The number of anilines is 1. The van der Waals surface area contributed by atoms with Crippen molar-refractivity contribution < 1.29 is 17.9 Å². The molecule has 146 valence electrons. The molecule has 1 aromatic heterocycles. The third kappa shape index (κ3) is 5.31. The van der Waals surface area contributed by atoms with Gasteiger partial charge < -0.3 is 15.0 Å². The van der Waals surface area contributed by atoms with Crippen LogP contribution in [0, 0.1) is 0 Å². The van der Waals surface area contributed by atoms with Gasteiger partial charge in [-0.15, -0.1) is 11.3 Å². The molecule has 2 heterocycles. The van der Waals surface area contributed by atoms with Crippen molar-refractivity contribution in [2.45, 2.75) is 37.3 Å². The summed E-state index contributed by atoms with van der Waals surface area (Å²) in [7, 11) is -3.32. The van der Waals surface area contributed by atoms with Crippen molar-refractivity contribution in [3.8, 4) is 0 Å². The minimum absolute atomic E-state index is 0.0217. The Morgan fingerprint density at radius 2 is 2.19 bits per heavy atom. The van der Waals surface area contributed by atoms with Gasteiger partial charge in [-0.25, -0.2) is 13.2 Å². The molecule has 0 spiro atoms. The molecule has 3 rings (SSSR count). The lowest BCUT2D eigenvalue weighted by Crippen LogP contribution is -2.39. The zero-order valence-electron chi connectivity index (χ0n) is 15.3. The molecule has 2 amide bonds. The predicted octanol–water partition coefficient (Wildman–Crippen LogP) is 3.75. The standard InChI is InChI=1S/C19H24N2O4S2/c1-2-27(23,24)18-9-3-6-15(12-18)20-19(22)21(13-16-7-4-10-25-16)14-17-8-5-11-26-17/h3,5-6,8-9,11-12,16H,2,4,7,10,13-14H2,1H3,(H,20,22). The minimum Gasteiger partial charge on any atom is -0.376 e. The van der Waals surface area contributed by atoms with Crippen LogP contribution in [0.2, 0.25) is 0 Å². The van der Waals surface area contributed by atoms with Crippen molar-refractivity contribution in [2.24, 2.45) is 0 Å². The van der Waals surface area contributed by atoms with Crippen molar-refractivity contribution in [2.75, 3.05) is 24.2 Å². The van der Waals surface area contributed by atoms with Crippen molar-refractivity contribution in [3.05, 3.63) is 46.7 Å². The minimum atomic E-state index is -3.32. The van der Waals surface area contributed by atoms with E-state index in [-0.39, 0.29) is 22.8 Å². The Balaban J connectivity index is 1.74. The Morgan fingerprint density at radius 3 is 2.85 bits per heavy atom. The molecule has 1 aliphatic rings. The van der Waals surface area contributed by atoms with Crippen LogP contribution in [0.1, 0.15) is 24.6 Å². The first kappa shape index (κ1) is 19.9. The maximum atomic E-state index is 12.9. The van der Waals surface area contributed by atoms with E-state index < -0.39 is 9.84 Å². The van der Waals surface area contributed by atoms with Gasteiger partial charge in [0.15, 0.2) is 9.84 Å². The zero-order chi connectivity index (χ0) is 19.3. The van der Waals surface area contributed by atoms with Gasteiger partial charge >= 0.3 is 6.03 Å². The van der Waals surface area contributed by atoms with Crippen LogP contribution in [0.4, 0.5) is 10.5 Å². The first-order valence-electron chi connectivity index (χ1n) is 9.00. The fraction of sp³-hybridized carbons (Fsp3) is 0.421. The summed E-state index contributed by atoms with van der Waals surface area (Å²) in [5, 5.41) is 4.82. The van der Waals surface area contributed by atoms with Crippen molar-refractivity contribution in [3.63, 3.8) is 0 Å². The van der Waals surface area contributed by atoms with Crippen LogP contribution in [0.25, 0.3) is 0 Å². The SMILES string of the molecule is CCS(=O)(=O)c1cccc(NC(=O)N(Cc2cccs2)CC2CCCO2)c1. The first-order chi connectivity index (χ1) is 13.0. The highest BCUT2D eigenvalue weighted by Crippen LogP contribution is 2.20. The molecule has 27 heavy (non-hydrogen) atoms. The highest BCUT2D eigenvalue weighted by atomic mass is 32.2. The zero-order valence-corrected chi connectivity index (χ0v) is 16.9. The number of nitrogens with zero attached hydrogens (tertiary/aromatic N) is 1. The Kier molecular flexibility index (Phi) is 6.51. The number of amides is 2. The highest BCUT2D eigenvalue weighted by molar-refractivity contribution is 7.91. The fourth-order valence-corrected chi connectivity index (χ4v) is 4.63. The smallest absolute Gasteiger partial charge is 0.322 e. The van der Waals surface area contributed by atoms with Gasteiger partial charge in [0.05, 0.1) is 23.3 Å². The Hall–Kier alpha value is -1.90. The number of thiophene rings is 1. The third-order valence-corrected chi connectivity index (χ3v) is 7.08. The number of ether oxygens (including phenoxy) is 1. The van der Waals surface area contributed by atoms with Gasteiger partial charge in [-0.2, -0.15) is 0 Å². The quantitative estimate of drug-likeness (QED) is 0.757. The summed E-state index contributed by atoms with van der Waals surface area (Å²) in [6, 6.07) is 10.1. The largest absolute Gasteiger partial charge is 0.376 e. The lowest BCUT2D eigenvalue weighted by molar-refractivity contribution is 0.0821. The number of carbonyl (C=O) groups excluding carboxylic acids is 1. The monoisotopic (exact) mass is 408 g/mol. The van der Waals surface area contributed by atoms with Crippen LogP contribution >= 0.6 is 11.3 Å². The summed E-state index contributed by atoms with van der Waals surface area (Å²) in [6.45, 7) is 3.34. The van der Waals surface area contributed by atoms with Crippen molar-refractivity contribution >= 4 is 32.9 Å². The molecule has 1 aromatic carbocycles. The molecule has 0 aliphatic carbocycles. The number of benzene rings is 1. The van der Waals surface area contributed by atoms with Crippen LogP contribution < -0.4 is 5.32 Å². The average Bonchev–Trinajstić information content (AvgIpc) is 3.35. The van der Waals surface area contributed by atoms with E-state index in [1.165, 1.54) is 6.07 Å². The number of hydrogen-bond donors (Lipinski definition) is 1. The summed E-state index contributed by atoms with van der Waals surface area (Å²) in [6.07, 6.45) is 2.00. The van der Waals surface area contributed by atoms with Crippen molar-refractivity contribution in [1.29, 1.82) is 0 Å². The summed E-state index contributed by atoms with van der Waals surface area (Å²) >= 11 is 1.60. The summed E-state index contributed by atoms with van der Waals surface area (Å²) in [5.74, 6) is 0.0217. The molecule has 1 unspecified atom stereocenters. The van der Waals surface area contributed by atoms with E-state index in [9.17, 15) is 13.2 Å². The number of rotatable bonds is 7. The molecule has 0 bridgehead atoms. The van der Waals surface area contributed by atoms with Crippen LogP contribution in [0.5, 0.6) is 0 Å². The molecule has 1 N–H and O–H groups in total. The molecular weight excluding hydrogens is 384 g/mol. The number of urea groups is 1. The van der Waals surface area contributed by atoms with E-state index in [4.69, 9.17) is 4.74 Å². The van der Waals surface area contributed by atoms with Gasteiger partial charge in [-0.1, -0.05) is 19.1 Å². The molecule has 2 aromatic rings. The second-order valence-corrected chi connectivity index (χ2v) is 9.77. The van der Waals surface area contributed by atoms with E-state index in [0.29, 0.717) is 18.8 Å². The average molecular weight is 409 g/mol. The van der Waals surface area contributed by atoms with E-state index >= 15 is 0 Å². The van der Waals surface area contributed by atoms with Gasteiger partial charge in [0.1, 0.15) is 0 Å². The summed E-state index contributed by atoms with van der Waals surface area (Å²) < 4.78 is 29.8. The second kappa shape index (κ2) is 8.86. The van der Waals surface area contributed by atoms with Crippen molar-refractivity contribution in [1.82, 2.24) is 4.90 Å². The lowest BCUT2D eigenvalue weighted by atomic mass is 10.2. The molecule has 0 saturated carbocycles. The molecule has 1 fully saturated rings. The number of carbonyl (C=O) groups is 1. The Labute approximate surface area is 164 Å². The predicted molar refractivity (Wildman–Crippen MR) is 107 cm³/mol. The van der Waals surface area contributed by atoms with Gasteiger partial charge in [-0.3, -0.25) is 0 Å². The third-order valence-electron chi connectivity index (χ3n) is 4.49. The normalized spacial score (nSPS) is 17.0. The van der Waals surface area contributed by atoms with Crippen LogP contribution in [-0.2, 0) is 21.1 Å². The maximum Gasteiger partial charge on any atom is 0.322 e. The van der Waals surface area contributed by atoms with Gasteiger partial charge in [0, 0.05) is 23.7 Å². The van der Waals surface area contributed by atoms with E-state index in [1.807, 2.05) is 17.5 Å².